The number of Topliss-reactive ketones (excluding diaryl/α,β-unsaturated/α-hetero) is 1. The average Bonchev–Trinajstić information content (AvgIpc) is 1.89. The van der Waals surface area contributed by atoms with Crippen molar-refractivity contribution in [2.75, 3.05) is 0 Å². The highest BCUT2D eigenvalue weighted by molar-refractivity contribution is 5.84. The molecule has 0 saturated heterocycles. The van der Waals surface area contributed by atoms with Crippen LogP contribution in [0, 0.1) is 0 Å². The third-order valence-electron chi connectivity index (χ3n) is 1.71. The fourth-order valence-corrected chi connectivity index (χ4v) is 1.12. The second-order valence-corrected chi connectivity index (χ2v) is 2.39. The zero-order valence-corrected chi connectivity index (χ0v) is 5.26. The third kappa shape index (κ3) is 1.50. The van der Waals surface area contributed by atoms with Crippen LogP contribution in [-0.2, 0) is 4.79 Å². The van der Waals surface area contributed by atoms with Gasteiger partial charge in [0.05, 0.1) is 6.04 Å². The van der Waals surface area contributed by atoms with Crippen molar-refractivity contribution >= 4 is 5.78 Å². The summed E-state index contributed by atoms with van der Waals surface area (Å²) in [6.45, 7) is 0. The first-order valence-corrected chi connectivity index (χ1v) is 3.27. The summed E-state index contributed by atoms with van der Waals surface area (Å²) in [4.78, 5) is 10.8. The molecule has 0 heterocycles. The van der Waals surface area contributed by atoms with E-state index in [1.165, 1.54) is 0 Å². The number of carbonyl (C=O) groups is 1. The molecule has 9 heavy (non-hydrogen) atoms. The van der Waals surface area contributed by atoms with Crippen LogP contribution in [0.3, 0.4) is 0 Å². The van der Waals surface area contributed by atoms with Gasteiger partial charge >= 0.3 is 0 Å². The summed E-state index contributed by atoms with van der Waals surface area (Å²) in [7, 11) is 0. The zero-order chi connectivity index (χ0) is 6.69. The molecular weight excluding hydrogens is 118 g/mol. The summed E-state index contributed by atoms with van der Waals surface area (Å²) in [6, 6.07) is -0.279. The summed E-state index contributed by atoms with van der Waals surface area (Å²) < 4.78 is 0. The van der Waals surface area contributed by atoms with E-state index in [9.17, 15) is 4.79 Å². The van der Waals surface area contributed by atoms with Gasteiger partial charge in [-0.3, -0.25) is 4.79 Å². The fourth-order valence-electron chi connectivity index (χ4n) is 1.12. The van der Waals surface area contributed by atoms with Crippen molar-refractivity contribution in [2.24, 2.45) is 0 Å². The van der Waals surface area contributed by atoms with Crippen molar-refractivity contribution in [3.05, 3.63) is 0 Å². The molecule has 0 aromatic carbocycles. The maximum absolute atomic E-state index is 10.8. The number of rotatable bonds is 1. The Morgan fingerprint density at radius 2 is 2.33 bits per heavy atom. The summed E-state index contributed by atoms with van der Waals surface area (Å²) in [5, 5.41) is 8.39. The van der Waals surface area contributed by atoms with E-state index in [-0.39, 0.29) is 11.8 Å². The molecule has 2 N–H and O–H groups in total. The quantitative estimate of drug-likeness (QED) is 0.506. The molecule has 0 aromatic heterocycles. The smallest absolute Gasteiger partial charge is 0.152 e. The van der Waals surface area contributed by atoms with Crippen molar-refractivity contribution in [1.82, 2.24) is 5.48 Å². The maximum atomic E-state index is 10.8. The van der Waals surface area contributed by atoms with Crippen LogP contribution in [-0.4, -0.2) is 17.0 Å². The molecule has 0 spiro atoms. The van der Waals surface area contributed by atoms with Crippen LogP contribution in [0.1, 0.15) is 25.7 Å². The Hall–Kier alpha value is -0.410. The lowest BCUT2D eigenvalue weighted by atomic mass is 9.95. The summed E-state index contributed by atoms with van der Waals surface area (Å²) in [6.07, 6.45) is 3.44. The minimum atomic E-state index is -0.279. The van der Waals surface area contributed by atoms with E-state index >= 15 is 0 Å². The van der Waals surface area contributed by atoms with E-state index in [0.29, 0.717) is 6.42 Å². The van der Waals surface area contributed by atoms with E-state index < -0.39 is 0 Å². The number of hydroxylamine groups is 1. The predicted octanol–water partition coefficient (Wildman–Crippen LogP) is 0.477. The summed E-state index contributed by atoms with van der Waals surface area (Å²) in [5.41, 5.74) is 2.00. The van der Waals surface area contributed by atoms with Gasteiger partial charge in [0.1, 0.15) is 0 Å². The summed E-state index contributed by atoms with van der Waals surface area (Å²) >= 11 is 0. The molecule has 1 fully saturated rings. The van der Waals surface area contributed by atoms with Gasteiger partial charge < -0.3 is 5.21 Å². The summed E-state index contributed by atoms with van der Waals surface area (Å²) in [5.74, 6) is 0.142. The molecule has 1 unspecified atom stereocenters. The molecule has 0 radical (unpaired) electrons. The molecule has 1 aliphatic carbocycles. The van der Waals surface area contributed by atoms with E-state index in [4.69, 9.17) is 5.21 Å². The lowest BCUT2D eigenvalue weighted by Crippen LogP contribution is -2.36. The van der Waals surface area contributed by atoms with Gasteiger partial charge in [-0.15, -0.1) is 0 Å². The van der Waals surface area contributed by atoms with Gasteiger partial charge in [0.15, 0.2) is 5.78 Å². The number of hydrogen-bond acceptors (Lipinski definition) is 3. The maximum Gasteiger partial charge on any atom is 0.152 e. The van der Waals surface area contributed by atoms with Crippen LogP contribution < -0.4 is 5.48 Å². The van der Waals surface area contributed by atoms with Crippen molar-refractivity contribution in [3.8, 4) is 0 Å². The van der Waals surface area contributed by atoms with Crippen molar-refractivity contribution in [3.63, 3.8) is 0 Å². The Morgan fingerprint density at radius 1 is 1.56 bits per heavy atom. The van der Waals surface area contributed by atoms with Crippen LogP contribution in [0.5, 0.6) is 0 Å². The molecule has 0 amide bonds. The largest absolute Gasteiger partial charge is 0.316 e. The minimum Gasteiger partial charge on any atom is -0.316 e. The number of nitrogens with one attached hydrogen (secondary N) is 1. The molecule has 1 saturated carbocycles. The average molecular weight is 129 g/mol. The SMILES string of the molecule is O=C1CCCCC1NO. The van der Waals surface area contributed by atoms with Crippen molar-refractivity contribution in [1.29, 1.82) is 0 Å². The molecule has 0 aromatic rings. The van der Waals surface area contributed by atoms with Crippen molar-refractivity contribution < 1.29 is 10.0 Å². The Bertz CT molecular complexity index is 114. The Morgan fingerprint density at radius 3 is 2.78 bits per heavy atom. The van der Waals surface area contributed by atoms with E-state index in [1.807, 2.05) is 5.48 Å². The molecular formula is C6H11NO2. The first-order chi connectivity index (χ1) is 4.34. The second-order valence-electron chi connectivity index (χ2n) is 2.39. The monoisotopic (exact) mass is 129 g/mol. The Kier molecular flexibility index (Phi) is 2.19. The molecule has 0 aliphatic heterocycles. The first kappa shape index (κ1) is 6.71. The highest BCUT2D eigenvalue weighted by atomic mass is 16.5. The molecule has 0 bridgehead atoms. The Labute approximate surface area is 54.0 Å². The van der Waals surface area contributed by atoms with E-state index in [1.54, 1.807) is 0 Å². The van der Waals surface area contributed by atoms with Crippen LogP contribution >= 0.6 is 0 Å². The Balaban J connectivity index is 2.39. The molecule has 1 atom stereocenters. The van der Waals surface area contributed by atoms with Gasteiger partial charge in [-0.2, -0.15) is 5.48 Å². The van der Waals surface area contributed by atoms with Crippen LogP contribution in [0.25, 0.3) is 0 Å². The van der Waals surface area contributed by atoms with Gasteiger partial charge in [-0.25, -0.2) is 0 Å². The van der Waals surface area contributed by atoms with E-state index in [2.05, 4.69) is 0 Å². The molecule has 1 rings (SSSR count). The fraction of sp³-hybridized carbons (Fsp3) is 0.833. The highest BCUT2D eigenvalue weighted by Crippen LogP contribution is 2.13. The molecule has 3 nitrogen and oxygen atoms in total. The van der Waals surface area contributed by atoms with Gasteiger partial charge in [-0.1, -0.05) is 6.42 Å². The van der Waals surface area contributed by atoms with E-state index in [0.717, 1.165) is 19.3 Å². The lowest BCUT2D eigenvalue weighted by Gasteiger charge is -2.17. The molecule has 1 aliphatic rings. The predicted molar refractivity (Wildman–Crippen MR) is 32.2 cm³/mol. The van der Waals surface area contributed by atoms with Crippen molar-refractivity contribution in [2.45, 2.75) is 31.7 Å². The van der Waals surface area contributed by atoms with Crippen LogP contribution in [0.2, 0.25) is 0 Å². The lowest BCUT2D eigenvalue weighted by molar-refractivity contribution is -0.125. The van der Waals surface area contributed by atoms with Crippen LogP contribution in [0.15, 0.2) is 0 Å². The van der Waals surface area contributed by atoms with Gasteiger partial charge in [-0.05, 0) is 12.8 Å². The standard InChI is InChI=1S/C6H11NO2/c8-6-4-2-1-3-5(6)7-9/h5,7,9H,1-4H2. The van der Waals surface area contributed by atoms with Gasteiger partial charge in [0, 0.05) is 6.42 Å². The molecule has 52 valence electrons. The third-order valence-corrected chi connectivity index (χ3v) is 1.71. The van der Waals surface area contributed by atoms with Gasteiger partial charge in [0.2, 0.25) is 0 Å². The van der Waals surface area contributed by atoms with Gasteiger partial charge in [0.25, 0.3) is 0 Å². The van der Waals surface area contributed by atoms with Crippen LogP contribution in [0.4, 0.5) is 0 Å². The zero-order valence-electron chi connectivity index (χ0n) is 5.26. The number of carbonyl (C=O) groups excluding carboxylic acids is 1. The number of ketones is 1. The topological polar surface area (TPSA) is 49.3 Å². The molecule has 3 heteroatoms. The normalized spacial score (nSPS) is 28.6. The highest BCUT2D eigenvalue weighted by Gasteiger charge is 2.20. The minimum absolute atomic E-state index is 0.142. The second kappa shape index (κ2) is 2.94. The number of hydrogen-bond donors (Lipinski definition) is 2. The first-order valence-electron chi connectivity index (χ1n) is 3.27.